The molecular formula is C27H20O6. The molecule has 3 aromatic carbocycles. The molecule has 3 heterocycles. The summed E-state index contributed by atoms with van der Waals surface area (Å²) in [6, 6.07) is 23.9. The van der Waals surface area contributed by atoms with Crippen molar-refractivity contribution in [3.63, 3.8) is 0 Å². The molecular weight excluding hydrogens is 420 g/mol. The van der Waals surface area contributed by atoms with Crippen molar-refractivity contribution in [3.05, 3.63) is 107 Å². The fourth-order valence-corrected chi connectivity index (χ4v) is 3.96. The molecule has 6 nitrogen and oxygen atoms in total. The molecule has 33 heavy (non-hydrogen) atoms. The first-order valence-electron chi connectivity index (χ1n) is 10.5. The van der Waals surface area contributed by atoms with Gasteiger partial charge < -0.3 is 18.3 Å². The fraction of sp³-hybridized carbons (Fsp3) is 0.111. The number of hydrogen-bond acceptors (Lipinski definition) is 6. The van der Waals surface area contributed by atoms with E-state index in [1.165, 1.54) is 6.07 Å². The van der Waals surface area contributed by atoms with Gasteiger partial charge in [0, 0.05) is 12.1 Å². The van der Waals surface area contributed by atoms with E-state index in [1.807, 2.05) is 60.7 Å². The minimum atomic E-state index is -0.388. The van der Waals surface area contributed by atoms with Crippen LogP contribution in [-0.2, 0) is 0 Å². The molecule has 0 radical (unpaired) electrons. The van der Waals surface area contributed by atoms with Gasteiger partial charge in [-0.3, -0.25) is 4.79 Å². The molecule has 0 N–H and O–H groups in total. The van der Waals surface area contributed by atoms with Crippen LogP contribution in [0.15, 0.2) is 98.8 Å². The lowest BCUT2D eigenvalue weighted by molar-refractivity contribution is 0.0850. The summed E-state index contributed by atoms with van der Waals surface area (Å²) >= 11 is 0. The number of ketones is 1. The van der Waals surface area contributed by atoms with Gasteiger partial charge in [0.2, 0.25) is 0 Å². The predicted octanol–water partition coefficient (Wildman–Crippen LogP) is 5.94. The maximum absolute atomic E-state index is 12.0. The second-order valence-electron chi connectivity index (χ2n) is 7.55. The number of fused-ring (bicyclic) bond motifs is 3. The standard InChI is InChI=1S/C15H12O2.C12H8O4/c16-13-10-15(11-6-2-1-3-7-11)17-14-9-5-4-8-12(13)14;1-14-12-7-2-3-11(13)16-10(7)6-9-8(12)4-5-15-9/h1-9,15H,10H2;2-6H,1H3. The molecule has 2 aromatic heterocycles. The number of carbonyl (C=O) groups excluding carboxylic acids is 1. The van der Waals surface area contributed by atoms with Crippen molar-refractivity contribution < 1.29 is 23.1 Å². The number of para-hydroxylation sites is 1. The van der Waals surface area contributed by atoms with Crippen molar-refractivity contribution in [3.8, 4) is 11.5 Å². The van der Waals surface area contributed by atoms with E-state index >= 15 is 0 Å². The molecule has 0 saturated carbocycles. The molecule has 0 saturated heterocycles. The van der Waals surface area contributed by atoms with Crippen LogP contribution in [0, 0.1) is 0 Å². The number of ether oxygens (including phenoxy) is 2. The summed E-state index contributed by atoms with van der Waals surface area (Å²) in [7, 11) is 1.58. The van der Waals surface area contributed by atoms with Gasteiger partial charge in [0.05, 0.1) is 36.1 Å². The molecule has 1 unspecified atom stereocenters. The van der Waals surface area contributed by atoms with Gasteiger partial charge >= 0.3 is 5.63 Å². The van der Waals surface area contributed by atoms with Crippen molar-refractivity contribution in [2.75, 3.05) is 7.11 Å². The molecule has 5 aromatic rings. The zero-order chi connectivity index (χ0) is 22.8. The monoisotopic (exact) mass is 440 g/mol. The molecule has 0 fully saturated rings. The third-order valence-corrected chi connectivity index (χ3v) is 5.51. The molecule has 0 spiro atoms. The third-order valence-electron chi connectivity index (χ3n) is 5.51. The quantitative estimate of drug-likeness (QED) is 0.316. The van der Waals surface area contributed by atoms with Crippen LogP contribution in [0.1, 0.15) is 28.4 Å². The van der Waals surface area contributed by atoms with E-state index < -0.39 is 0 Å². The van der Waals surface area contributed by atoms with E-state index in [0.717, 1.165) is 16.3 Å². The van der Waals surface area contributed by atoms with Crippen molar-refractivity contribution in [1.82, 2.24) is 0 Å². The predicted molar refractivity (Wildman–Crippen MR) is 124 cm³/mol. The minimum absolute atomic E-state index is 0.153. The van der Waals surface area contributed by atoms with Crippen LogP contribution in [0.2, 0.25) is 0 Å². The zero-order valence-electron chi connectivity index (χ0n) is 17.8. The van der Waals surface area contributed by atoms with E-state index in [-0.39, 0.29) is 17.5 Å². The summed E-state index contributed by atoms with van der Waals surface area (Å²) < 4.78 is 21.5. The Balaban J connectivity index is 0.000000139. The normalized spacial score (nSPS) is 14.8. The van der Waals surface area contributed by atoms with Gasteiger partial charge in [0.15, 0.2) is 5.78 Å². The Morgan fingerprint density at radius 3 is 2.42 bits per heavy atom. The molecule has 0 bridgehead atoms. The first-order valence-corrected chi connectivity index (χ1v) is 10.5. The summed E-state index contributed by atoms with van der Waals surface area (Å²) in [6.45, 7) is 0. The van der Waals surface area contributed by atoms with Gasteiger partial charge in [0.1, 0.15) is 28.8 Å². The highest BCUT2D eigenvalue weighted by Crippen LogP contribution is 2.35. The van der Waals surface area contributed by atoms with E-state index in [1.54, 1.807) is 25.5 Å². The van der Waals surface area contributed by atoms with Gasteiger partial charge in [-0.25, -0.2) is 4.79 Å². The van der Waals surface area contributed by atoms with Gasteiger partial charge in [0.25, 0.3) is 0 Å². The maximum Gasteiger partial charge on any atom is 0.336 e. The van der Waals surface area contributed by atoms with Gasteiger partial charge in [-0.1, -0.05) is 42.5 Å². The summed E-state index contributed by atoms with van der Waals surface area (Å²) in [5, 5.41) is 1.62. The lowest BCUT2D eigenvalue weighted by Gasteiger charge is -2.25. The highest BCUT2D eigenvalue weighted by atomic mass is 16.5. The average molecular weight is 440 g/mol. The number of hydrogen-bond donors (Lipinski definition) is 0. The summed E-state index contributed by atoms with van der Waals surface area (Å²) in [5.74, 6) is 1.50. The first-order chi connectivity index (χ1) is 16.1. The number of furan rings is 1. The second-order valence-corrected chi connectivity index (χ2v) is 7.55. The molecule has 0 aliphatic carbocycles. The average Bonchev–Trinajstić information content (AvgIpc) is 3.31. The lowest BCUT2D eigenvalue weighted by atomic mass is 9.96. The van der Waals surface area contributed by atoms with Gasteiger partial charge in [-0.05, 0) is 29.8 Å². The van der Waals surface area contributed by atoms with Crippen LogP contribution in [0.25, 0.3) is 21.9 Å². The Morgan fingerprint density at radius 1 is 0.848 bits per heavy atom. The van der Waals surface area contributed by atoms with E-state index in [9.17, 15) is 9.59 Å². The highest BCUT2D eigenvalue weighted by molar-refractivity contribution is 6.01. The molecule has 1 aliphatic rings. The van der Waals surface area contributed by atoms with Crippen LogP contribution >= 0.6 is 0 Å². The molecule has 1 aliphatic heterocycles. The van der Waals surface area contributed by atoms with Crippen molar-refractivity contribution in [1.29, 1.82) is 0 Å². The number of rotatable bonds is 2. The Bertz CT molecular complexity index is 1500. The van der Waals surface area contributed by atoms with Crippen LogP contribution in [-0.4, -0.2) is 12.9 Å². The maximum atomic E-state index is 12.0. The smallest absolute Gasteiger partial charge is 0.336 e. The molecule has 1 atom stereocenters. The fourth-order valence-electron chi connectivity index (χ4n) is 3.96. The van der Waals surface area contributed by atoms with Crippen LogP contribution in [0.4, 0.5) is 0 Å². The first kappa shape index (κ1) is 20.6. The van der Waals surface area contributed by atoms with Crippen LogP contribution in [0.5, 0.6) is 11.5 Å². The summed E-state index contributed by atoms with van der Waals surface area (Å²) in [6.07, 6.45) is 1.84. The number of carbonyl (C=O) groups is 1. The van der Waals surface area contributed by atoms with Crippen molar-refractivity contribution >= 4 is 27.7 Å². The summed E-state index contributed by atoms with van der Waals surface area (Å²) in [4.78, 5) is 23.1. The van der Waals surface area contributed by atoms with E-state index in [2.05, 4.69) is 0 Å². The minimum Gasteiger partial charge on any atom is -0.495 e. The molecule has 164 valence electrons. The molecule has 0 amide bonds. The Kier molecular flexibility index (Phi) is 5.40. The topological polar surface area (TPSA) is 78.9 Å². The van der Waals surface area contributed by atoms with Crippen molar-refractivity contribution in [2.24, 2.45) is 0 Å². The van der Waals surface area contributed by atoms with Gasteiger partial charge in [-0.15, -0.1) is 0 Å². The number of benzene rings is 3. The van der Waals surface area contributed by atoms with Crippen molar-refractivity contribution in [2.45, 2.75) is 12.5 Å². The van der Waals surface area contributed by atoms with Gasteiger partial charge in [-0.2, -0.15) is 0 Å². The highest BCUT2D eigenvalue weighted by Gasteiger charge is 2.26. The second kappa shape index (κ2) is 8.67. The number of Topliss-reactive ketones (excluding diaryl/α,β-unsaturated/α-hetero) is 1. The summed E-state index contributed by atoms with van der Waals surface area (Å²) in [5.41, 5.74) is 2.46. The third kappa shape index (κ3) is 3.99. The molecule has 6 heteroatoms. The van der Waals surface area contributed by atoms with E-state index in [4.69, 9.17) is 18.3 Å². The largest absolute Gasteiger partial charge is 0.495 e. The Labute approximate surface area is 189 Å². The van der Waals surface area contributed by atoms with E-state index in [0.29, 0.717) is 34.6 Å². The lowest BCUT2D eigenvalue weighted by Crippen LogP contribution is -2.20. The van der Waals surface area contributed by atoms with Crippen LogP contribution in [0.3, 0.4) is 0 Å². The Morgan fingerprint density at radius 2 is 1.61 bits per heavy atom. The SMILES string of the molecule is COc1c2ccoc2cc2oc(=O)ccc12.O=C1CC(c2ccccc2)Oc2ccccc21. The number of methoxy groups -OCH3 is 1. The molecule has 6 rings (SSSR count). The Hall–Kier alpha value is -4.32. The van der Waals surface area contributed by atoms with Crippen LogP contribution < -0.4 is 15.1 Å². The zero-order valence-corrected chi connectivity index (χ0v) is 17.8.